The Kier molecular flexibility index (Phi) is 5.78. The lowest BCUT2D eigenvalue weighted by Gasteiger charge is -2.14. The maximum atomic E-state index is 13.4. The molecule has 0 amide bonds. The first-order chi connectivity index (χ1) is 16.0. The van der Waals surface area contributed by atoms with E-state index in [1.165, 1.54) is 0 Å². The second-order valence-corrected chi connectivity index (χ2v) is 8.43. The van der Waals surface area contributed by atoms with Gasteiger partial charge in [-0.1, -0.05) is 23.7 Å². The number of hydrogen-bond donors (Lipinski definition) is 1. The number of halogens is 1. The minimum absolute atomic E-state index is 0.149. The zero-order valence-electron chi connectivity index (χ0n) is 18.4. The highest BCUT2D eigenvalue weighted by Gasteiger charge is 2.18. The van der Waals surface area contributed by atoms with Crippen LogP contribution in [0.25, 0.3) is 33.4 Å². The molecule has 1 aromatic carbocycles. The molecular formula is C24H23ClN6O2. The van der Waals surface area contributed by atoms with Crippen molar-refractivity contribution < 1.29 is 4.74 Å². The number of aromatic nitrogens is 5. The predicted molar refractivity (Wildman–Crippen MR) is 129 cm³/mol. The molecule has 1 unspecified atom stereocenters. The summed E-state index contributed by atoms with van der Waals surface area (Å²) in [4.78, 5) is 31.2. The molecule has 0 aliphatic carbocycles. The molecule has 1 saturated heterocycles. The summed E-state index contributed by atoms with van der Waals surface area (Å²) in [5.41, 5.74) is 4.00. The molecule has 0 saturated carbocycles. The van der Waals surface area contributed by atoms with Crippen LogP contribution in [0.3, 0.4) is 0 Å². The summed E-state index contributed by atoms with van der Waals surface area (Å²) in [6.45, 7) is 5.64. The van der Waals surface area contributed by atoms with Crippen LogP contribution in [0.15, 0.2) is 47.7 Å². The highest BCUT2D eigenvalue weighted by Crippen LogP contribution is 2.31. The maximum Gasteiger partial charge on any atom is 0.260 e. The summed E-state index contributed by atoms with van der Waals surface area (Å²) < 4.78 is 7.06. The van der Waals surface area contributed by atoms with Crippen LogP contribution in [-0.4, -0.2) is 43.8 Å². The number of benzene rings is 1. The molecule has 33 heavy (non-hydrogen) atoms. The largest absolute Gasteiger partial charge is 0.379 e. The number of ether oxygens (including phenoxy) is 1. The van der Waals surface area contributed by atoms with Gasteiger partial charge in [-0.05, 0) is 32.4 Å². The normalized spacial score (nSPS) is 15.8. The molecule has 1 fully saturated rings. The number of nitrogens with one attached hydrogen (secondary N) is 1. The van der Waals surface area contributed by atoms with Gasteiger partial charge in [0.15, 0.2) is 0 Å². The number of rotatable bonds is 5. The average molecular weight is 463 g/mol. The Morgan fingerprint density at radius 1 is 1.15 bits per heavy atom. The van der Waals surface area contributed by atoms with Crippen molar-refractivity contribution in [3.05, 3.63) is 63.9 Å². The fourth-order valence-electron chi connectivity index (χ4n) is 3.98. The third kappa shape index (κ3) is 4.19. The van der Waals surface area contributed by atoms with Crippen molar-refractivity contribution in [3.8, 4) is 22.4 Å². The van der Waals surface area contributed by atoms with Gasteiger partial charge in [-0.25, -0.2) is 4.98 Å². The van der Waals surface area contributed by atoms with E-state index in [1.54, 1.807) is 29.2 Å². The lowest BCUT2D eigenvalue weighted by Crippen LogP contribution is -2.24. The molecule has 1 N–H and O–H groups in total. The molecule has 9 heteroatoms. The number of fused-ring (bicyclic) bond motifs is 1. The van der Waals surface area contributed by atoms with Gasteiger partial charge in [-0.3, -0.25) is 19.3 Å². The van der Waals surface area contributed by atoms with Crippen LogP contribution in [0, 0.1) is 6.92 Å². The molecule has 1 aliphatic heterocycles. The van der Waals surface area contributed by atoms with E-state index in [4.69, 9.17) is 16.3 Å². The summed E-state index contributed by atoms with van der Waals surface area (Å²) in [5.74, 6) is 0.494. The van der Waals surface area contributed by atoms with Gasteiger partial charge in [-0.15, -0.1) is 0 Å². The van der Waals surface area contributed by atoms with Crippen molar-refractivity contribution in [2.75, 3.05) is 18.5 Å². The van der Waals surface area contributed by atoms with E-state index in [0.29, 0.717) is 40.9 Å². The topological polar surface area (TPSA) is 94.8 Å². The van der Waals surface area contributed by atoms with Crippen LogP contribution in [0.4, 0.5) is 5.95 Å². The molecule has 3 aromatic heterocycles. The van der Waals surface area contributed by atoms with Crippen LogP contribution in [0.1, 0.15) is 19.0 Å². The van der Waals surface area contributed by atoms with E-state index in [-0.39, 0.29) is 11.6 Å². The first kappa shape index (κ1) is 21.5. The van der Waals surface area contributed by atoms with Crippen molar-refractivity contribution in [2.45, 2.75) is 32.9 Å². The average Bonchev–Trinajstić information content (AvgIpc) is 3.32. The third-order valence-corrected chi connectivity index (χ3v) is 6.05. The van der Waals surface area contributed by atoms with Gasteiger partial charge < -0.3 is 10.1 Å². The minimum atomic E-state index is -0.149. The number of hydrogen-bond acceptors (Lipinski definition) is 7. The number of anilines is 1. The van der Waals surface area contributed by atoms with Crippen molar-refractivity contribution >= 4 is 28.6 Å². The van der Waals surface area contributed by atoms with Crippen LogP contribution >= 0.6 is 11.6 Å². The molecule has 1 aliphatic rings. The highest BCUT2D eigenvalue weighted by molar-refractivity contribution is 6.33. The smallest absolute Gasteiger partial charge is 0.260 e. The van der Waals surface area contributed by atoms with Gasteiger partial charge in [-0.2, -0.15) is 4.98 Å². The molecule has 0 radical (unpaired) electrons. The first-order valence-corrected chi connectivity index (χ1v) is 11.2. The third-order valence-electron chi connectivity index (χ3n) is 5.74. The monoisotopic (exact) mass is 462 g/mol. The maximum absolute atomic E-state index is 13.4. The Balaban J connectivity index is 1.56. The van der Waals surface area contributed by atoms with Crippen molar-refractivity contribution in [1.82, 2.24) is 24.5 Å². The van der Waals surface area contributed by atoms with Gasteiger partial charge in [0.1, 0.15) is 5.65 Å². The van der Waals surface area contributed by atoms with Gasteiger partial charge in [0, 0.05) is 52.6 Å². The number of aryl methyl sites for hydroxylation is 2. The van der Waals surface area contributed by atoms with Gasteiger partial charge in [0.05, 0.1) is 30.2 Å². The van der Waals surface area contributed by atoms with Crippen molar-refractivity contribution in [2.24, 2.45) is 0 Å². The van der Waals surface area contributed by atoms with Gasteiger partial charge >= 0.3 is 0 Å². The summed E-state index contributed by atoms with van der Waals surface area (Å²) >= 11 is 6.63. The lowest BCUT2D eigenvalue weighted by molar-refractivity contribution is 0.195. The highest BCUT2D eigenvalue weighted by atomic mass is 35.5. The van der Waals surface area contributed by atoms with E-state index < -0.39 is 0 Å². The molecule has 0 bridgehead atoms. The Hall–Kier alpha value is -3.36. The van der Waals surface area contributed by atoms with Gasteiger partial charge in [0.2, 0.25) is 5.95 Å². The number of nitrogens with zero attached hydrogens (tertiary/aromatic N) is 5. The second kappa shape index (κ2) is 8.88. The minimum Gasteiger partial charge on any atom is -0.379 e. The van der Waals surface area contributed by atoms with Crippen LogP contribution < -0.4 is 10.9 Å². The SMILES string of the molecule is CCn1c(=O)c(-c2ccc(-c3cnc(C)cn3)cc2Cl)cc2cnc(NC3CCOC3)nc21. The summed E-state index contributed by atoms with van der Waals surface area (Å²) in [6.07, 6.45) is 6.06. The zero-order chi connectivity index (χ0) is 22.9. The molecule has 4 aromatic rings. The molecule has 4 heterocycles. The molecular weight excluding hydrogens is 440 g/mol. The fraction of sp³-hybridized carbons (Fsp3) is 0.292. The Morgan fingerprint density at radius 3 is 2.73 bits per heavy atom. The molecule has 168 valence electrons. The van der Waals surface area contributed by atoms with Gasteiger partial charge in [0.25, 0.3) is 5.56 Å². The second-order valence-electron chi connectivity index (χ2n) is 8.02. The Bertz CT molecular complexity index is 1380. The van der Waals surface area contributed by atoms with E-state index in [1.807, 2.05) is 32.0 Å². The molecule has 1 atom stereocenters. The predicted octanol–water partition coefficient (Wildman–Crippen LogP) is 4.10. The van der Waals surface area contributed by atoms with E-state index in [9.17, 15) is 4.79 Å². The zero-order valence-corrected chi connectivity index (χ0v) is 19.1. The van der Waals surface area contributed by atoms with Crippen LogP contribution in [0.5, 0.6) is 0 Å². The Morgan fingerprint density at radius 2 is 2.03 bits per heavy atom. The van der Waals surface area contributed by atoms with E-state index >= 15 is 0 Å². The fourth-order valence-corrected chi connectivity index (χ4v) is 4.26. The first-order valence-electron chi connectivity index (χ1n) is 10.9. The quantitative estimate of drug-likeness (QED) is 0.477. The van der Waals surface area contributed by atoms with Crippen molar-refractivity contribution in [3.63, 3.8) is 0 Å². The Labute approximate surface area is 195 Å². The standard InChI is InChI=1S/C24H23ClN6O2/c1-3-31-22-16(11-28-24(30-22)29-17-6-7-33-13-17)8-19(23(31)32)18-5-4-15(9-20(18)25)21-12-26-14(2)10-27-21/h4-5,8-12,17H,3,6-7,13H2,1-2H3,(H,28,29,30). The van der Waals surface area contributed by atoms with E-state index in [2.05, 4.69) is 25.3 Å². The molecule has 8 nitrogen and oxygen atoms in total. The molecule has 0 spiro atoms. The summed E-state index contributed by atoms with van der Waals surface area (Å²) in [6, 6.07) is 7.54. The van der Waals surface area contributed by atoms with Crippen LogP contribution in [0.2, 0.25) is 5.02 Å². The number of pyridine rings is 1. The molecule has 5 rings (SSSR count). The summed E-state index contributed by atoms with van der Waals surface area (Å²) in [7, 11) is 0. The van der Waals surface area contributed by atoms with E-state index in [0.717, 1.165) is 35.4 Å². The lowest BCUT2D eigenvalue weighted by atomic mass is 10.0. The summed E-state index contributed by atoms with van der Waals surface area (Å²) in [5, 5.41) is 4.52. The van der Waals surface area contributed by atoms with Crippen LogP contribution in [-0.2, 0) is 11.3 Å². The van der Waals surface area contributed by atoms with Crippen molar-refractivity contribution in [1.29, 1.82) is 0 Å².